The summed E-state index contributed by atoms with van der Waals surface area (Å²) in [5.74, 6) is -1.42. The van der Waals surface area contributed by atoms with Crippen LogP contribution in [-0.4, -0.2) is 44.7 Å². The normalized spacial score (nSPS) is 12.5. The van der Waals surface area contributed by atoms with Gasteiger partial charge >= 0.3 is 0 Å². The lowest BCUT2D eigenvalue weighted by molar-refractivity contribution is -0.131. The van der Waals surface area contributed by atoms with Crippen LogP contribution in [0.2, 0.25) is 0 Å². The molecule has 0 saturated carbocycles. The maximum Gasteiger partial charge on any atom is 0.239 e. The highest BCUT2D eigenvalue weighted by Gasteiger charge is 2.29. The lowest BCUT2D eigenvalue weighted by Gasteiger charge is -2.28. The molecule has 0 N–H and O–H groups in total. The van der Waals surface area contributed by atoms with E-state index >= 15 is 0 Å². The van der Waals surface area contributed by atoms with Crippen LogP contribution in [0.15, 0.2) is 59.9 Å². The van der Waals surface area contributed by atoms with E-state index in [0.717, 1.165) is 24.3 Å². The Morgan fingerprint density at radius 1 is 1.21 bits per heavy atom. The van der Waals surface area contributed by atoms with Gasteiger partial charge in [0.05, 0.1) is 23.2 Å². The van der Waals surface area contributed by atoms with E-state index in [0.29, 0.717) is 11.5 Å². The van der Waals surface area contributed by atoms with Crippen molar-refractivity contribution in [3.8, 4) is 0 Å². The molecule has 2 heterocycles. The Labute approximate surface area is 167 Å². The summed E-state index contributed by atoms with van der Waals surface area (Å²) in [6.07, 6.45) is 3.10. The summed E-state index contributed by atoms with van der Waals surface area (Å²) in [5.41, 5.74) is 0.606. The van der Waals surface area contributed by atoms with Gasteiger partial charge in [-0.15, -0.1) is 10.2 Å². The van der Waals surface area contributed by atoms with Crippen LogP contribution in [0.3, 0.4) is 0 Å². The topological polar surface area (TPSA) is 98.1 Å². The molecule has 0 aliphatic rings. The van der Waals surface area contributed by atoms with Gasteiger partial charge in [0.15, 0.2) is 15.7 Å². The first-order valence-corrected chi connectivity index (χ1v) is 10.4. The average Bonchev–Trinajstić information content (AvgIpc) is 3.12. The number of pyridine rings is 1. The summed E-state index contributed by atoms with van der Waals surface area (Å²) < 4.78 is 40.1. The van der Waals surface area contributed by atoms with E-state index < -0.39 is 33.4 Å². The van der Waals surface area contributed by atoms with Gasteiger partial charge in [-0.05, 0) is 43.3 Å². The zero-order valence-corrected chi connectivity index (χ0v) is 16.8. The number of nitrogens with zero attached hydrogens (tertiary/aromatic N) is 5. The summed E-state index contributed by atoms with van der Waals surface area (Å²) in [6, 6.07) is 9.13. The molecule has 152 valence electrons. The lowest BCUT2D eigenvalue weighted by atomic mass is 10.2. The second kappa shape index (κ2) is 8.48. The highest BCUT2D eigenvalue weighted by Crippen LogP contribution is 2.22. The fourth-order valence-corrected chi connectivity index (χ4v) is 4.10. The van der Waals surface area contributed by atoms with E-state index in [1.165, 1.54) is 11.2 Å². The molecular formula is C19H20FN5O3S. The van der Waals surface area contributed by atoms with Gasteiger partial charge in [-0.25, -0.2) is 12.8 Å². The minimum absolute atomic E-state index is 0.104. The molecule has 0 spiro atoms. The lowest BCUT2D eigenvalue weighted by Crippen LogP contribution is -2.38. The number of sulfone groups is 1. The van der Waals surface area contributed by atoms with Crippen LogP contribution in [0.4, 0.5) is 4.39 Å². The molecule has 3 rings (SSSR count). The SMILES string of the molecule is CC(c1nncn1C)N(Cc1ccccn1)C(=O)CS(=O)(=O)c1ccc(F)cc1. The van der Waals surface area contributed by atoms with Gasteiger partial charge in [-0.1, -0.05) is 6.07 Å². The number of aromatic nitrogens is 4. The van der Waals surface area contributed by atoms with Crippen molar-refractivity contribution in [3.63, 3.8) is 0 Å². The Bertz CT molecular complexity index is 1080. The van der Waals surface area contributed by atoms with Crippen LogP contribution in [0, 0.1) is 5.82 Å². The number of carbonyl (C=O) groups excluding carboxylic acids is 1. The zero-order valence-electron chi connectivity index (χ0n) is 15.9. The van der Waals surface area contributed by atoms with E-state index in [9.17, 15) is 17.6 Å². The van der Waals surface area contributed by atoms with Crippen molar-refractivity contribution in [3.05, 3.63) is 72.3 Å². The van der Waals surface area contributed by atoms with Gasteiger partial charge < -0.3 is 9.47 Å². The summed E-state index contributed by atoms with van der Waals surface area (Å²) >= 11 is 0. The molecule has 2 aromatic heterocycles. The Kier molecular flexibility index (Phi) is 6.02. The Morgan fingerprint density at radius 2 is 1.93 bits per heavy atom. The number of carbonyl (C=O) groups is 1. The Hall–Kier alpha value is -3.14. The fraction of sp³-hybridized carbons (Fsp3) is 0.263. The molecule has 3 aromatic rings. The number of benzene rings is 1. The summed E-state index contributed by atoms with van der Waals surface area (Å²) in [6.45, 7) is 1.85. The molecule has 1 aromatic carbocycles. The van der Waals surface area contributed by atoms with Gasteiger partial charge in [0.2, 0.25) is 5.91 Å². The highest BCUT2D eigenvalue weighted by atomic mass is 32.2. The molecule has 8 nitrogen and oxygen atoms in total. The van der Waals surface area contributed by atoms with E-state index in [-0.39, 0.29) is 11.4 Å². The van der Waals surface area contributed by atoms with Crippen LogP contribution in [0.5, 0.6) is 0 Å². The van der Waals surface area contributed by atoms with Crippen LogP contribution >= 0.6 is 0 Å². The monoisotopic (exact) mass is 417 g/mol. The van der Waals surface area contributed by atoms with Crippen molar-refractivity contribution >= 4 is 15.7 Å². The second-order valence-corrected chi connectivity index (χ2v) is 8.52. The minimum Gasteiger partial charge on any atom is -0.326 e. The minimum atomic E-state index is -3.95. The number of rotatable bonds is 7. The quantitative estimate of drug-likeness (QED) is 0.545. The van der Waals surface area contributed by atoms with Gasteiger partial charge in [-0.3, -0.25) is 9.78 Å². The average molecular weight is 417 g/mol. The van der Waals surface area contributed by atoms with Gasteiger partial charge in [0.25, 0.3) is 0 Å². The Morgan fingerprint density at radius 3 is 2.52 bits per heavy atom. The molecular weight excluding hydrogens is 397 g/mol. The van der Waals surface area contributed by atoms with Crippen LogP contribution in [0.1, 0.15) is 24.5 Å². The molecule has 0 radical (unpaired) electrons. The van der Waals surface area contributed by atoms with E-state index in [4.69, 9.17) is 0 Å². The predicted octanol–water partition coefficient (Wildman–Crippen LogP) is 1.91. The first-order valence-electron chi connectivity index (χ1n) is 8.79. The number of hydrogen-bond donors (Lipinski definition) is 0. The van der Waals surface area contributed by atoms with Crippen molar-refractivity contribution in [2.45, 2.75) is 24.4 Å². The largest absolute Gasteiger partial charge is 0.326 e. The van der Waals surface area contributed by atoms with Gasteiger partial charge in [0.1, 0.15) is 17.9 Å². The summed E-state index contributed by atoms with van der Waals surface area (Å²) in [5, 5.41) is 7.86. The predicted molar refractivity (Wildman–Crippen MR) is 103 cm³/mol. The summed E-state index contributed by atoms with van der Waals surface area (Å²) in [7, 11) is -2.21. The molecule has 0 saturated heterocycles. The summed E-state index contributed by atoms with van der Waals surface area (Å²) in [4.78, 5) is 18.5. The molecule has 1 amide bonds. The fourth-order valence-electron chi connectivity index (χ4n) is 2.89. The molecule has 0 aliphatic heterocycles. The van der Waals surface area contributed by atoms with Crippen molar-refractivity contribution in [2.24, 2.45) is 7.05 Å². The molecule has 1 unspecified atom stereocenters. The van der Waals surface area contributed by atoms with Crippen molar-refractivity contribution in [1.29, 1.82) is 0 Å². The number of hydrogen-bond acceptors (Lipinski definition) is 6. The third-order valence-corrected chi connectivity index (χ3v) is 6.07. The number of amides is 1. The molecule has 0 bridgehead atoms. The zero-order chi connectivity index (χ0) is 21.0. The van der Waals surface area contributed by atoms with Crippen LogP contribution in [-0.2, 0) is 28.2 Å². The smallest absolute Gasteiger partial charge is 0.239 e. The third kappa shape index (κ3) is 4.83. The van der Waals surface area contributed by atoms with E-state index in [1.54, 1.807) is 42.9 Å². The standard InChI is InChI=1S/C19H20FN5O3S/c1-14(19-23-22-13-24(19)2)25(11-16-5-3-4-10-21-16)18(26)12-29(27,28)17-8-6-15(20)7-9-17/h3-10,13-14H,11-12H2,1-2H3. The van der Waals surface area contributed by atoms with Crippen LogP contribution in [0.25, 0.3) is 0 Å². The van der Waals surface area contributed by atoms with Crippen molar-refractivity contribution in [1.82, 2.24) is 24.6 Å². The van der Waals surface area contributed by atoms with Crippen molar-refractivity contribution in [2.75, 3.05) is 5.75 Å². The van der Waals surface area contributed by atoms with E-state index in [1.807, 2.05) is 0 Å². The first kappa shape index (κ1) is 20.6. The maximum atomic E-state index is 13.1. The van der Waals surface area contributed by atoms with Gasteiger partial charge in [-0.2, -0.15) is 0 Å². The molecule has 10 heteroatoms. The second-order valence-electron chi connectivity index (χ2n) is 6.53. The molecule has 1 atom stereocenters. The number of aryl methyl sites for hydroxylation is 1. The van der Waals surface area contributed by atoms with Gasteiger partial charge in [0, 0.05) is 13.2 Å². The highest BCUT2D eigenvalue weighted by molar-refractivity contribution is 7.92. The maximum absolute atomic E-state index is 13.1. The molecule has 0 aliphatic carbocycles. The van der Waals surface area contributed by atoms with Crippen molar-refractivity contribution < 1.29 is 17.6 Å². The molecule has 29 heavy (non-hydrogen) atoms. The van der Waals surface area contributed by atoms with Crippen LogP contribution < -0.4 is 0 Å². The third-order valence-electron chi connectivity index (χ3n) is 4.45. The first-order chi connectivity index (χ1) is 13.8. The molecule has 0 fully saturated rings. The number of halogens is 1. The van der Waals surface area contributed by atoms with E-state index in [2.05, 4.69) is 15.2 Å². The Balaban J connectivity index is 1.89.